The zero-order valence-electron chi connectivity index (χ0n) is 15.9. The summed E-state index contributed by atoms with van der Waals surface area (Å²) in [4.78, 5) is 0. The summed E-state index contributed by atoms with van der Waals surface area (Å²) in [5.41, 5.74) is 3.87. The van der Waals surface area contributed by atoms with Crippen LogP contribution in [0, 0.1) is 0 Å². The number of methoxy groups -OCH3 is 4. The lowest BCUT2D eigenvalue weighted by molar-refractivity contribution is 0.351. The van der Waals surface area contributed by atoms with Crippen molar-refractivity contribution in [2.45, 2.75) is 25.3 Å². The van der Waals surface area contributed by atoms with E-state index in [1.165, 1.54) is 16.7 Å². The molecule has 0 spiro atoms. The van der Waals surface area contributed by atoms with Gasteiger partial charge in [-0.2, -0.15) is 0 Å². The first-order valence-electron chi connectivity index (χ1n) is 8.89. The van der Waals surface area contributed by atoms with Crippen LogP contribution in [0.4, 0.5) is 0 Å². The minimum absolute atomic E-state index is 0.298. The van der Waals surface area contributed by atoms with Gasteiger partial charge in [0, 0.05) is 6.04 Å². The fraction of sp³-hybridized carbons (Fsp3) is 0.429. The van der Waals surface area contributed by atoms with E-state index in [9.17, 15) is 0 Å². The van der Waals surface area contributed by atoms with Crippen LogP contribution in [0.15, 0.2) is 30.3 Å². The maximum absolute atomic E-state index is 5.49. The Morgan fingerprint density at radius 3 is 2.19 bits per heavy atom. The Hall–Kier alpha value is -2.40. The van der Waals surface area contributed by atoms with E-state index >= 15 is 0 Å². The molecule has 1 aliphatic rings. The average Bonchev–Trinajstić information content (AvgIpc) is 2.70. The van der Waals surface area contributed by atoms with Crippen LogP contribution in [0.3, 0.4) is 0 Å². The predicted molar refractivity (Wildman–Crippen MR) is 102 cm³/mol. The Labute approximate surface area is 155 Å². The molecule has 26 heavy (non-hydrogen) atoms. The molecule has 1 heterocycles. The molecule has 1 N–H and O–H groups in total. The molecule has 0 saturated heterocycles. The van der Waals surface area contributed by atoms with Gasteiger partial charge in [-0.15, -0.1) is 0 Å². The van der Waals surface area contributed by atoms with Crippen molar-refractivity contribution >= 4 is 0 Å². The van der Waals surface area contributed by atoms with Crippen molar-refractivity contribution in [2.75, 3.05) is 35.0 Å². The number of fused-ring (bicyclic) bond motifs is 1. The highest BCUT2D eigenvalue weighted by atomic mass is 16.5. The molecule has 1 aliphatic heterocycles. The Bertz CT molecular complexity index is 760. The van der Waals surface area contributed by atoms with E-state index in [4.69, 9.17) is 18.9 Å². The topological polar surface area (TPSA) is 49.0 Å². The first-order valence-corrected chi connectivity index (χ1v) is 8.89. The molecule has 0 aromatic heterocycles. The van der Waals surface area contributed by atoms with Crippen LogP contribution < -0.4 is 24.3 Å². The van der Waals surface area contributed by atoms with E-state index in [2.05, 4.69) is 29.6 Å². The number of hydrogen-bond acceptors (Lipinski definition) is 5. The van der Waals surface area contributed by atoms with Crippen molar-refractivity contribution in [2.24, 2.45) is 0 Å². The van der Waals surface area contributed by atoms with Crippen molar-refractivity contribution in [3.05, 3.63) is 47.0 Å². The van der Waals surface area contributed by atoms with E-state index in [0.717, 1.165) is 48.8 Å². The van der Waals surface area contributed by atoms with Crippen LogP contribution in [0.1, 0.15) is 29.2 Å². The molecule has 0 amide bonds. The summed E-state index contributed by atoms with van der Waals surface area (Å²) in [5.74, 6) is 3.11. The third-order valence-corrected chi connectivity index (χ3v) is 4.98. The molecule has 0 unspecified atom stereocenters. The molecule has 0 aliphatic carbocycles. The van der Waals surface area contributed by atoms with Crippen molar-refractivity contribution in [3.63, 3.8) is 0 Å². The molecule has 5 heteroatoms. The monoisotopic (exact) mass is 357 g/mol. The van der Waals surface area contributed by atoms with E-state index in [-0.39, 0.29) is 0 Å². The maximum atomic E-state index is 5.49. The Morgan fingerprint density at radius 1 is 0.846 bits per heavy atom. The largest absolute Gasteiger partial charge is 0.493 e. The summed E-state index contributed by atoms with van der Waals surface area (Å²) < 4.78 is 21.7. The van der Waals surface area contributed by atoms with Crippen LogP contribution in [0.25, 0.3) is 0 Å². The van der Waals surface area contributed by atoms with E-state index in [0.29, 0.717) is 6.04 Å². The molecular weight excluding hydrogens is 330 g/mol. The Morgan fingerprint density at radius 2 is 1.50 bits per heavy atom. The molecule has 0 fully saturated rings. The van der Waals surface area contributed by atoms with E-state index in [1.54, 1.807) is 28.4 Å². The molecule has 0 radical (unpaired) electrons. The van der Waals surface area contributed by atoms with Gasteiger partial charge >= 0.3 is 0 Å². The third kappa shape index (κ3) is 3.73. The van der Waals surface area contributed by atoms with Crippen LogP contribution in [0.2, 0.25) is 0 Å². The minimum Gasteiger partial charge on any atom is -0.493 e. The second-order valence-electron chi connectivity index (χ2n) is 6.39. The molecular formula is C21H27NO4. The summed E-state index contributed by atoms with van der Waals surface area (Å²) in [6, 6.07) is 10.6. The van der Waals surface area contributed by atoms with Gasteiger partial charge in [0.05, 0.1) is 28.4 Å². The number of rotatable bonds is 7. The van der Waals surface area contributed by atoms with Crippen LogP contribution in [0.5, 0.6) is 23.0 Å². The van der Waals surface area contributed by atoms with Gasteiger partial charge in [0.15, 0.2) is 23.0 Å². The van der Waals surface area contributed by atoms with Gasteiger partial charge in [-0.1, -0.05) is 6.07 Å². The Kier molecular flexibility index (Phi) is 5.89. The summed E-state index contributed by atoms with van der Waals surface area (Å²) in [7, 11) is 6.68. The quantitative estimate of drug-likeness (QED) is 0.821. The van der Waals surface area contributed by atoms with Gasteiger partial charge in [-0.05, 0) is 66.8 Å². The van der Waals surface area contributed by atoms with Crippen LogP contribution in [-0.4, -0.2) is 35.0 Å². The van der Waals surface area contributed by atoms with E-state index in [1.807, 2.05) is 6.07 Å². The molecule has 2 aromatic rings. The minimum atomic E-state index is 0.298. The third-order valence-electron chi connectivity index (χ3n) is 4.98. The second kappa shape index (κ2) is 8.32. The highest BCUT2D eigenvalue weighted by Gasteiger charge is 2.22. The molecule has 0 saturated carbocycles. The normalized spacial score (nSPS) is 15.9. The van der Waals surface area contributed by atoms with Gasteiger partial charge in [0.25, 0.3) is 0 Å². The first kappa shape index (κ1) is 18.4. The summed E-state index contributed by atoms with van der Waals surface area (Å²) in [5, 5.41) is 3.63. The zero-order chi connectivity index (χ0) is 18.5. The van der Waals surface area contributed by atoms with Gasteiger partial charge in [0.1, 0.15) is 0 Å². The first-order chi connectivity index (χ1) is 12.7. The average molecular weight is 357 g/mol. The highest BCUT2D eigenvalue weighted by Crippen LogP contribution is 2.37. The Balaban J connectivity index is 1.78. The van der Waals surface area contributed by atoms with Crippen LogP contribution >= 0.6 is 0 Å². The van der Waals surface area contributed by atoms with Gasteiger partial charge < -0.3 is 24.3 Å². The standard InChI is InChI=1S/C21H27NO4/c1-23-18-8-6-14(11-19(18)24-2)5-7-17-16-13-21(26-4)20(25-3)12-15(16)9-10-22-17/h6,8,11-13,17,22H,5,7,9-10H2,1-4H3/t17-/m0/s1. The lowest BCUT2D eigenvalue weighted by Crippen LogP contribution is -2.30. The summed E-state index contributed by atoms with van der Waals surface area (Å²) in [6.45, 7) is 0.971. The summed E-state index contributed by atoms with van der Waals surface area (Å²) >= 11 is 0. The molecule has 1 atom stereocenters. The van der Waals surface area contributed by atoms with Crippen LogP contribution in [-0.2, 0) is 12.8 Å². The predicted octanol–water partition coefficient (Wildman–Crippen LogP) is 3.54. The number of benzene rings is 2. The lowest BCUT2D eigenvalue weighted by atomic mass is 9.90. The number of aryl methyl sites for hydroxylation is 1. The lowest BCUT2D eigenvalue weighted by Gasteiger charge is -2.28. The number of nitrogens with one attached hydrogen (secondary N) is 1. The van der Waals surface area contributed by atoms with Crippen molar-refractivity contribution in [3.8, 4) is 23.0 Å². The summed E-state index contributed by atoms with van der Waals surface area (Å²) in [6.07, 6.45) is 2.95. The van der Waals surface area contributed by atoms with E-state index < -0.39 is 0 Å². The van der Waals surface area contributed by atoms with Gasteiger partial charge in [-0.3, -0.25) is 0 Å². The molecule has 5 nitrogen and oxygen atoms in total. The van der Waals surface area contributed by atoms with Gasteiger partial charge in [-0.25, -0.2) is 0 Å². The zero-order valence-corrected chi connectivity index (χ0v) is 15.9. The maximum Gasteiger partial charge on any atom is 0.161 e. The second-order valence-corrected chi connectivity index (χ2v) is 6.39. The fourth-order valence-electron chi connectivity index (χ4n) is 3.57. The molecule has 2 aromatic carbocycles. The van der Waals surface area contributed by atoms with Crippen molar-refractivity contribution < 1.29 is 18.9 Å². The van der Waals surface area contributed by atoms with Gasteiger partial charge in [0.2, 0.25) is 0 Å². The fourth-order valence-corrected chi connectivity index (χ4v) is 3.57. The number of hydrogen-bond donors (Lipinski definition) is 1. The molecule has 140 valence electrons. The molecule has 0 bridgehead atoms. The van der Waals surface area contributed by atoms with Crippen molar-refractivity contribution in [1.82, 2.24) is 5.32 Å². The number of ether oxygens (including phenoxy) is 4. The highest BCUT2D eigenvalue weighted by molar-refractivity contribution is 5.49. The smallest absolute Gasteiger partial charge is 0.161 e. The SMILES string of the molecule is COc1ccc(CC[C@@H]2NCCc3cc(OC)c(OC)cc32)cc1OC. The molecule has 3 rings (SSSR count). The van der Waals surface area contributed by atoms with Crippen molar-refractivity contribution in [1.29, 1.82) is 0 Å².